The summed E-state index contributed by atoms with van der Waals surface area (Å²) in [6, 6.07) is 7.23. The highest BCUT2D eigenvalue weighted by Crippen LogP contribution is 2.38. The van der Waals surface area contributed by atoms with Crippen molar-refractivity contribution in [1.29, 1.82) is 0 Å². The molecule has 0 bridgehead atoms. The molecule has 2 atom stereocenters. The lowest BCUT2D eigenvalue weighted by Gasteiger charge is -1.98. The Labute approximate surface area is 88.3 Å². The maximum atomic E-state index is 10.5. The molecule has 0 saturated heterocycles. The molecule has 3 N–H and O–H groups in total. The van der Waals surface area contributed by atoms with Crippen molar-refractivity contribution in [2.24, 2.45) is 5.73 Å². The fourth-order valence-electron chi connectivity index (χ4n) is 1.47. The molecule has 3 nitrogen and oxygen atoms in total. The van der Waals surface area contributed by atoms with Crippen molar-refractivity contribution in [3.8, 4) is 0 Å². The van der Waals surface area contributed by atoms with E-state index >= 15 is 0 Å². The second-order valence-electron chi connectivity index (χ2n) is 3.43. The molecule has 0 spiro atoms. The van der Waals surface area contributed by atoms with Crippen molar-refractivity contribution < 1.29 is 9.90 Å². The highest BCUT2D eigenvalue weighted by molar-refractivity contribution is 5.87. The highest BCUT2D eigenvalue weighted by atomic mass is 35.5. The fraction of sp³-hybridized carbons (Fsp3) is 0.300. The quantitative estimate of drug-likeness (QED) is 0.785. The van der Waals surface area contributed by atoms with Gasteiger partial charge in [-0.25, -0.2) is 4.79 Å². The van der Waals surface area contributed by atoms with E-state index in [1.165, 1.54) is 0 Å². The van der Waals surface area contributed by atoms with Crippen LogP contribution >= 0.6 is 12.4 Å². The van der Waals surface area contributed by atoms with Crippen LogP contribution in [0.3, 0.4) is 0 Å². The molecule has 0 aliphatic heterocycles. The molecule has 1 aliphatic rings. The molecule has 1 fully saturated rings. The minimum absolute atomic E-state index is 0. The predicted octanol–water partition coefficient (Wildman–Crippen LogP) is 1.62. The lowest BCUT2D eigenvalue weighted by atomic mass is 10.1. The van der Waals surface area contributed by atoms with Gasteiger partial charge in [0.2, 0.25) is 0 Å². The molecule has 14 heavy (non-hydrogen) atoms. The summed E-state index contributed by atoms with van der Waals surface area (Å²) in [6.07, 6.45) is 1.02. The first-order valence-electron chi connectivity index (χ1n) is 4.27. The first-order chi connectivity index (χ1) is 6.18. The van der Waals surface area contributed by atoms with Crippen LogP contribution in [0.2, 0.25) is 0 Å². The topological polar surface area (TPSA) is 63.3 Å². The van der Waals surface area contributed by atoms with E-state index in [1.807, 2.05) is 12.1 Å². The van der Waals surface area contributed by atoms with Crippen molar-refractivity contribution in [1.82, 2.24) is 0 Å². The van der Waals surface area contributed by atoms with Crippen LogP contribution in [0.25, 0.3) is 0 Å². The molecule has 0 unspecified atom stereocenters. The Balaban J connectivity index is 0.000000980. The van der Waals surface area contributed by atoms with E-state index in [-0.39, 0.29) is 18.4 Å². The Kier molecular flexibility index (Phi) is 3.13. The predicted molar refractivity (Wildman–Crippen MR) is 56.0 cm³/mol. The molecule has 76 valence electrons. The molecular weight excluding hydrogens is 202 g/mol. The summed E-state index contributed by atoms with van der Waals surface area (Å²) in [7, 11) is 0. The lowest BCUT2D eigenvalue weighted by molar-refractivity contribution is 0.0697. The second kappa shape index (κ2) is 3.98. The zero-order chi connectivity index (χ0) is 9.42. The molecule has 0 amide bonds. The van der Waals surface area contributed by atoms with Crippen LogP contribution in [0.15, 0.2) is 24.3 Å². The first kappa shape index (κ1) is 11.0. The van der Waals surface area contributed by atoms with Gasteiger partial charge in [-0.3, -0.25) is 0 Å². The van der Waals surface area contributed by atoms with Crippen molar-refractivity contribution in [2.75, 3.05) is 0 Å². The van der Waals surface area contributed by atoms with Gasteiger partial charge in [-0.15, -0.1) is 12.4 Å². The lowest BCUT2D eigenvalue weighted by Crippen LogP contribution is -2.01. The molecule has 0 aromatic heterocycles. The largest absolute Gasteiger partial charge is 0.478 e. The highest BCUT2D eigenvalue weighted by Gasteiger charge is 2.34. The van der Waals surface area contributed by atoms with Crippen LogP contribution in [0.4, 0.5) is 0 Å². The average molecular weight is 214 g/mol. The van der Waals surface area contributed by atoms with Gasteiger partial charge in [0.15, 0.2) is 0 Å². The standard InChI is InChI=1S/C10H11NO2.ClH/c11-9-5-8(9)6-1-3-7(4-2-6)10(12)13;/h1-4,8-9H,5,11H2,(H,12,13);1H/t8-,9+;/m0./s1. The maximum Gasteiger partial charge on any atom is 0.335 e. The normalized spacial score (nSPS) is 23.8. The number of carbonyl (C=O) groups is 1. The smallest absolute Gasteiger partial charge is 0.335 e. The summed E-state index contributed by atoms with van der Waals surface area (Å²) in [5.74, 6) is -0.436. The summed E-state index contributed by atoms with van der Waals surface area (Å²) in [4.78, 5) is 10.5. The Morgan fingerprint density at radius 1 is 1.36 bits per heavy atom. The average Bonchev–Trinajstić information content (AvgIpc) is 2.83. The van der Waals surface area contributed by atoms with Crippen molar-refractivity contribution in [3.05, 3.63) is 35.4 Å². The Bertz CT molecular complexity index is 336. The van der Waals surface area contributed by atoms with E-state index in [4.69, 9.17) is 10.8 Å². The summed E-state index contributed by atoms with van der Waals surface area (Å²) in [5, 5.41) is 8.66. The van der Waals surface area contributed by atoms with Crippen LogP contribution in [0, 0.1) is 0 Å². The zero-order valence-corrected chi connectivity index (χ0v) is 8.33. The molecule has 1 aromatic rings. The van der Waals surface area contributed by atoms with E-state index in [0.717, 1.165) is 12.0 Å². The number of nitrogens with two attached hydrogens (primary N) is 1. The van der Waals surface area contributed by atoms with E-state index in [1.54, 1.807) is 12.1 Å². The van der Waals surface area contributed by atoms with Crippen molar-refractivity contribution >= 4 is 18.4 Å². The van der Waals surface area contributed by atoms with Crippen LogP contribution in [0.1, 0.15) is 28.3 Å². The van der Waals surface area contributed by atoms with Gasteiger partial charge in [0, 0.05) is 12.0 Å². The summed E-state index contributed by atoms with van der Waals surface area (Å²) in [5.41, 5.74) is 7.16. The monoisotopic (exact) mass is 213 g/mol. The van der Waals surface area contributed by atoms with Crippen LogP contribution in [-0.2, 0) is 0 Å². The minimum Gasteiger partial charge on any atom is -0.478 e. The third kappa shape index (κ3) is 2.05. The number of rotatable bonds is 2. The number of aromatic carboxylic acids is 1. The van der Waals surface area contributed by atoms with Gasteiger partial charge in [0.05, 0.1) is 5.56 Å². The van der Waals surface area contributed by atoms with Gasteiger partial charge in [-0.05, 0) is 24.1 Å². The molecule has 0 heterocycles. The third-order valence-electron chi connectivity index (χ3n) is 2.43. The van der Waals surface area contributed by atoms with E-state index in [9.17, 15) is 4.79 Å². The van der Waals surface area contributed by atoms with Gasteiger partial charge < -0.3 is 10.8 Å². The molecule has 2 rings (SSSR count). The Morgan fingerprint density at radius 3 is 2.21 bits per heavy atom. The Morgan fingerprint density at radius 2 is 1.86 bits per heavy atom. The third-order valence-corrected chi connectivity index (χ3v) is 2.43. The molecule has 4 heteroatoms. The van der Waals surface area contributed by atoms with E-state index in [0.29, 0.717) is 11.5 Å². The summed E-state index contributed by atoms with van der Waals surface area (Å²) >= 11 is 0. The van der Waals surface area contributed by atoms with E-state index in [2.05, 4.69) is 0 Å². The van der Waals surface area contributed by atoms with Crippen LogP contribution in [-0.4, -0.2) is 17.1 Å². The number of halogens is 1. The minimum atomic E-state index is -0.883. The van der Waals surface area contributed by atoms with Gasteiger partial charge in [-0.2, -0.15) is 0 Å². The molecular formula is C10H12ClNO2. The number of carboxylic acid groups (broad SMARTS) is 1. The second-order valence-corrected chi connectivity index (χ2v) is 3.43. The van der Waals surface area contributed by atoms with Crippen molar-refractivity contribution in [2.45, 2.75) is 18.4 Å². The van der Waals surface area contributed by atoms with Gasteiger partial charge in [0.1, 0.15) is 0 Å². The van der Waals surface area contributed by atoms with Gasteiger partial charge in [0.25, 0.3) is 0 Å². The summed E-state index contributed by atoms with van der Waals surface area (Å²) < 4.78 is 0. The molecule has 1 aromatic carbocycles. The number of carboxylic acids is 1. The SMILES string of the molecule is Cl.N[C@@H]1C[C@H]1c1ccc(C(=O)O)cc1. The molecule has 1 saturated carbocycles. The van der Waals surface area contributed by atoms with Crippen molar-refractivity contribution in [3.63, 3.8) is 0 Å². The maximum absolute atomic E-state index is 10.5. The van der Waals surface area contributed by atoms with E-state index < -0.39 is 5.97 Å². The number of hydrogen-bond acceptors (Lipinski definition) is 2. The summed E-state index contributed by atoms with van der Waals surface area (Å²) in [6.45, 7) is 0. The Hall–Kier alpha value is -1.06. The fourth-order valence-corrected chi connectivity index (χ4v) is 1.47. The first-order valence-corrected chi connectivity index (χ1v) is 4.27. The van der Waals surface area contributed by atoms with Gasteiger partial charge in [-0.1, -0.05) is 12.1 Å². The zero-order valence-electron chi connectivity index (χ0n) is 7.51. The van der Waals surface area contributed by atoms with Crippen LogP contribution < -0.4 is 5.73 Å². The van der Waals surface area contributed by atoms with Gasteiger partial charge >= 0.3 is 5.97 Å². The van der Waals surface area contributed by atoms with Crippen LogP contribution in [0.5, 0.6) is 0 Å². The number of hydrogen-bond donors (Lipinski definition) is 2. The molecule has 1 aliphatic carbocycles. The number of benzene rings is 1. The molecule has 0 radical (unpaired) electrons.